The molecule has 1 atom stereocenters. The maximum Gasteiger partial charge on any atom is 0.573 e. The van der Waals surface area contributed by atoms with Gasteiger partial charge in [0.05, 0.1) is 18.4 Å². The summed E-state index contributed by atoms with van der Waals surface area (Å²) >= 11 is 0. The Kier molecular flexibility index (Phi) is 6.33. The van der Waals surface area contributed by atoms with E-state index in [4.69, 9.17) is 9.47 Å². The average molecular weight is 467 g/mol. The third-order valence-electron chi connectivity index (χ3n) is 5.48. The van der Waals surface area contributed by atoms with Gasteiger partial charge in [0.1, 0.15) is 11.4 Å². The molecular weight excluding hydrogens is 443 g/mol. The predicted octanol–water partition coefficient (Wildman–Crippen LogP) is 4.08. The van der Waals surface area contributed by atoms with Gasteiger partial charge in [-0.05, 0) is 68.7 Å². The highest BCUT2D eigenvalue weighted by Crippen LogP contribution is 2.39. The van der Waals surface area contributed by atoms with Gasteiger partial charge in [0.25, 0.3) is 0 Å². The van der Waals surface area contributed by atoms with Crippen molar-refractivity contribution in [2.45, 2.75) is 44.6 Å². The first-order valence-electron chi connectivity index (χ1n) is 10.6. The molecule has 0 unspecified atom stereocenters. The van der Waals surface area contributed by atoms with Crippen LogP contribution in [0.3, 0.4) is 0 Å². The molecule has 8 nitrogen and oxygen atoms in total. The molecule has 1 heterocycles. The quantitative estimate of drug-likeness (QED) is 0.573. The predicted molar refractivity (Wildman–Crippen MR) is 110 cm³/mol. The number of hydrogen-bond acceptors (Lipinski definition) is 7. The van der Waals surface area contributed by atoms with Gasteiger partial charge in [-0.2, -0.15) is 0 Å². The maximum atomic E-state index is 12.4. The summed E-state index contributed by atoms with van der Waals surface area (Å²) < 4.78 is 52.1. The first-order valence-corrected chi connectivity index (χ1v) is 10.6. The molecule has 2 saturated carbocycles. The van der Waals surface area contributed by atoms with E-state index in [0.717, 1.165) is 37.8 Å². The summed E-state index contributed by atoms with van der Waals surface area (Å²) in [5.41, 5.74) is -0.397. The Bertz CT molecular complexity index is 990. The van der Waals surface area contributed by atoms with Crippen LogP contribution in [0.15, 0.2) is 30.5 Å². The van der Waals surface area contributed by atoms with Crippen LogP contribution in [0.4, 0.5) is 18.0 Å². The molecule has 0 radical (unpaired) electrons. The number of nitrogens with zero attached hydrogens (tertiary/aromatic N) is 2. The van der Waals surface area contributed by atoms with Gasteiger partial charge < -0.3 is 24.6 Å². The van der Waals surface area contributed by atoms with E-state index in [1.165, 1.54) is 18.3 Å². The minimum Gasteiger partial charge on any atom is -0.476 e. The summed E-state index contributed by atoms with van der Waals surface area (Å²) in [5, 5.41) is 12.8. The fourth-order valence-electron chi connectivity index (χ4n) is 3.23. The second-order valence-corrected chi connectivity index (χ2v) is 8.56. The van der Waals surface area contributed by atoms with Gasteiger partial charge in [0.15, 0.2) is 0 Å². The molecule has 2 fully saturated rings. The third kappa shape index (κ3) is 6.70. The molecule has 2 N–H and O–H groups in total. The number of nitrogens with one attached hydrogen (secondary N) is 1. The number of amides is 1. The lowest BCUT2D eigenvalue weighted by Gasteiger charge is -2.22. The molecule has 2 aliphatic rings. The van der Waals surface area contributed by atoms with Crippen molar-refractivity contribution in [1.82, 2.24) is 15.3 Å². The van der Waals surface area contributed by atoms with Crippen LogP contribution < -0.4 is 19.5 Å². The van der Waals surface area contributed by atoms with Gasteiger partial charge in [-0.15, -0.1) is 13.2 Å². The number of rotatable bonds is 9. The van der Waals surface area contributed by atoms with Crippen molar-refractivity contribution in [3.63, 3.8) is 0 Å². The zero-order chi connectivity index (χ0) is 23.6. The number of halogens is 3. The van der Waals surface area contributed by atoms with E-state index in [0.29, 0.717) is 18.1 Å². The molecule has 0 bridgehead atoms. The zero-order valence-corrected chi connectivity index (χ0v) is 17.9. The van der Waals surface area contributed by atoms with Gasteiger partial charge in [0, 0.05) is 12.1 Å². The second-order valence-electron chi connectivity index (χ2n) is 8.56. The number of ether oxygens (including phenoxy) is 3. The van der Waals surface area contributed by atoms with E-state index >= 15 is 0 Å². The summed E-state index contributed by atoms with van der Waals surface area (Å²) in [4.78, 5) is 20.6. The summed E-state index contributed by atoms with van der Waals surface area (Å²) in [6.07, 6.45) is -0.453. The number of hydrogen-bond donors (Lipinski definition) is 2. The fourth-order valence-corrected chi connectivity index (χ4v) is 3.23. The highest BCUT2D eigenvalue weighted by Gasteiger charge is 2.40. The number of alkyl halides is 3. The first kappa shape index (κ1) is 23.1. The van der Waals surface area contributed by atoms with E-state index in [2.05, 4.69) is 20.0 Å². The Balaban J connectivity index is 1.48. The third-order valence-corrected chi connectivity index (χ3v) is 5.48. The van der Waals surface area contributed by atoms with Crippen molar-refractivity contribution in [1.29, 1.82) is 0 Å². The molecule has 0 aliphatic heterocycles. The van der Waals surface area contributed by atoms with E-state index < -0.39 is 18.1 Å². The number of carbonyl (C=O) groups is 1. The first-order chi connectivity index (χ1) is 15.6. The summed E-state index contributed by atoms with van der Waals surface area (Å²) in [6.45, 7) is 2.12. The van der Waals surface area contributed by atoms with Crippen LogP contribution in [0.5, 0.6) is 17.5 Å². The van der Waals surface area contributed by atoms with Crippen LogP contribution in [-0.4, -0.2) is 46.3 Å². The summed E-state index contributed by atoms with van der Waals surface area (Å²) in [7, 11) is 0. The van der Waals surface area contributed by atoms with Crippen molar-refractivity contribution >= 4 is 6.09 Å². The van der Waals surface area contributed by atoms with E-state index in [1.807, 2.05) is 0 Å². The van der Waals surface area contributed by atoms with E-state index in [1.54, 1.807) is 6.92 Å². The lowest BCUT2D eigenvalue weighted by Crippen LogP contribution is -2.43. The number of aliphatic hydroxyl groups is 1. The Morgan fingerprint density at radius 2 is 1.88 bits per heavy atom. The maximum absolute atomic E-state index is 12.4. The molecular formula is C22H24F3N3O5. The van der Waals surface area contributed by atoms with Crippen LogP contribution in [-0.2, 0) is 0 Å². The number of benzene rings is 1. The van der Waals surface area contributed by atoms with Crippen molar-refractivity contribution in [3.05, 3.63) is 30.5 Å². The molecule has 4 rings (SSSR count). The summed E-state index contributed by atoms with van der Waals surface area (Å²) in [5.74, 6) is 0.257. The Hall–Kier alpha value is -3.08. The van der Waals surface area contributed by atoms with Crippen molar-refractivity contribution < 1.29 is 37.3 Å². The minimum atomic E-state index is -4.80. The summed E-state index contributed by atoms with van der Waals surface area (Å²) in [6, 6.07) is 5.06. The molecule has 178 valence electrons. The fraction of sp³-hybridized carbons (Fsp3) is 0.500. The molecule has 1 aromatic heterocycles. The van der Waals surface area contributed by atoms with Crippen LogP contribution in [0, 0.1) is 11.8 Å². The molecule has 0 saturated heterocycles. The van der Waals surface area contributed by atoms with Crippen molar-refractivity contribution in [2.24, 2.45) is 11.8 Å². The largest absolute Gasteiger partial charge is 0.573 e. The normalized spacial score (nSPS) is 17.7. The second kappa shape index (κ2) is 9.05. The number of carbonyl (C=O) groups excluding carboxylic acids is 1. The monoisotopic (exact) mass is 467 g/mol. The average Bonchev–Trinajstić information content (AvgIpc) is 3.64. The molecule has 1 amide bonds. The smallest absolute Gasteiger partial charge is 0.476 e. The van der Waals surface area contributed by atoms with Gasteiger partial charge in [-0.3, -0.25) is 0 Å². The van der Waals surface area contributed by atoms with Crippen LogP contribution in [0.1, 0.15) is 32.6 Å². The van der Waals surface area contributed by atoms with E-state index in [-0.39, 0.29) is 35.7 Å². The molecule has 2 aromatic rings. The highest BCUT2D eigenvalue weighted by atomic mass is 19.4. The SMILES string of the molecule is C[C@](O)(CNC(=O)Oc1cnc(OCC2CC2)c(-c2ccc(OC(F)(F)F)cc2)n1)C1CC1. The van der Waals surface area contributed by atoms with Gasteiger partial charge in [-0.25, -0.2) is 14.8 Å². The van der Waals surface area contributed by atoms with Crippen molar-refractivity contribution in [2.75, 3.05) is 13.2 Å². The van der Waals surface area contributed by atoms with Gasteiger partial charge >= 0.3 is 12.5 Å². The topological polar surface area (TPSA) is 103 Å². The van der Waals surface area contributed by atoms with Crippen LogP contribution in [0.2, 0.25) is 0 Å². The molecule has 11 heteroatoms. The van der Waals surface area contributed by atoms with Crippen LogP contribution >= 0.6 is 0 Å². The standard InChI is InChI=1S/C22H24F3N3O5/c1-21(30,15-6-7-15)12-27-20(29)32-17-10-26-19(31-11-13-2-3-13)18(28-17)14-4-8-16(9-5-14)33-22(23,24)25/h4-5,8-10,13,15,30H,2-3,6-7,11-12H2,1H3,(H,27,29)/t21-/m0/s1. The van der Waals surface area contributed by atoms with Gasteiger partial charge in [-0.1, -0.05) is 0 Å². The lowest BCUT2D eigenvalue weighted by atomic mass is 10.0. The molecule has 1 aromatic carbocycles. The Morgan fingerprint density at radius 3 is 2.48 bits per heavy atom. The minimum absolute atomic E-state index is 0.0278. The molecule has 2 aliphatic carbocycles. The van der Waals surface area contributed by atoms with E-state index in [9.17, 15) is 23.1 Å². The molecule has 0 spiro atoms. The molecule has 33 heavy (non-hydrogen) atoms. The van der Waals surface area contributed by atoms with Crippen LogP contribution in [0.25, 0.3) is 11.3 Å². The highest BCUT2D eigenvalue weighted by molar-refractivity contribution is 5.71. The zero-order valence-electron chi connectivity index (χ0n) is 17.9. The Morgan fingerprint density at radius 1 is 1.18 bits per heavy atom. The Labute approximate surface area is 188 Å². The van der Waals surface area contributed by atoms with Gasteiger partial charge in [0.2, 0.25) is 11.8 Å². The van der Waals surface area contributed by atoms with Crippen molar-refractivity contribution in [3.8, 4) is 28.8 Å². The number of aromatic nitrogens is 2. The lowest BCUT2D eigenvalue weighted by molar-refractivity contribution is -0.274.